The predicted octanol–water partition coefficient (Wildman–Crippen LogP) is 3.81. The molecule has 116 valence electrons. The van der Waals surface area contributed by atoms with E-state index in [4.69, 9.17) is 4.74 Å². The minimum Gasteiger partial charge on any atom is -0.383 e. The first-order valence-corrected chi connectivity index (χ1v) is 8.05. The van der Waals surface area contributed by atoms with E-state index in [1.807, 2.05) is 0 Å². The fourth-order valence-corrected chi connectivity index (χ4v) is 2.73. The maximum Gasteiger partial charge on any atom is 0.0587 e. The highest BCUT2D eigenvalue weighted by molar-refractivity contribution is 5.80. The lowest BCUT2D eigenvalue weighted by Gasteiger charge is -2.14. The molecule has 21 heavy (non-hydrogen) atoms. The van der Waals surface area contributed by atoms with E-state index in [1.165, 1.54) is 29.3 Å². The Labute approximate surface area is 128 Å². The molecule has 0 bridgehead atoms. The number of nitrogens with zero attached hydrogens (tertiary/aromatic N) is 1. The fraction of sp³-hybridized carbons (Fsp3) is 0.556. The molecule has 0 aliphatic carbocycles. The summed E-state index contributed by atoms with van der Waals surface area (Å²) in [6.07, 6.45) is 4.72. The van der Waals surface area contributed by atoms with Crippen molar-refractivity contribution in [1.82, 2.24) is 9.88 Å². The van der Waals surface area contributed by atoms with Gasteiger partial charge in [0.1, 0.15) is 0 Å². The summed E-state index contributed by atoms with van der Waals surface area (Å²) in [5.74, 6) is 0.768. The van der Waals surface area contributed by atoms with E-state index in [0.717, 1.165) is 32.2 Å². The lowest BCUT2D eigenvalue weighted by atomic mass is 10.0. The molecule has 1 aromatic carbocycles. The van der Waals surface area contributed by atoms with E-state index in [2.05, 4.69) is 54.2 Å². The molecule has 0 spiro atoms. The molecule has 0 amide bonds. The van der Waals surface area contributed by atoms with Crippen molar-refractivity contribution in [3.63, 3.8) is 0 Å². The van der Waals surface area contributed by atoms with Gasteiger partial charge in [-0.1, -0.05) is 38.8 Å². The first-order chi connectivity index (χ1) is 10.3. The van der Waals surface area contributed by atoms with Crippen LogP contribution in [0.4, 0.5) is 0 Å². The number of fused-ring (bicyclic) bond motifs is 1. The molecular formula is C18H28N2O. The first-order valence-electron chi connectivity index (χ1n) is 8.05. The Bertz CT molecular complexity index is 543. The van der Waals surface area contributed by atoms with Crippen molar-refractivity contribution in [2.75, 3.05) is 20.3 Å². The van der Waals surface area contributed by atoms with Crippen molar-refractivity contribution in [2.24, 2.45) is 5.92 Å². The van der Waals surface area contributed by atoms with Crippen molar-refractivity contribution in [3.8, 4) is 0 Å². The Morgan fingerprint density at radius 2 is 2.00 bits per heavy atom. The molecule has 2 rings (SSSR count). The normalized spacial score (nSPS) is 11.6. The largest absolute Gasteiger partial charge is 0.383 e. The topological polar surface area (TPSA) is 26.2 Å². The zero-order valence-electron chi connectivity index (χ0n) is 13.6. The van der Waals surface area contributed by atoms with Gasteiger partial charge in [0.2, 0.25) is 0 Å². The molecule has 3 nitrogen and oxygen atoms in total. The molecule has 0 aliphatic rings. The lowest BCUT2D eigenvalue weighted by Crippen LogP contribution is -2.18. The van der Waals surface area contributed by atoms with Crippen molar-refractivity contribution in [3.05, 3.63) is 36.0 Å². The summed E-state index contributed by atoms with van der Waals surface area (Å²) in [6.45, 7) is 8.24. The highest BCUT2D eigenvalue weighted by Crippen LogP contribution is 2.21. The van der Waals surface area contributed by atoms with Gasteiger partial charge in [-0.25, -0.2) is 0 Å². The molecule has 0 unspecified atom stereocenters. The predicted molar refractivity (Wildman–Crippen MR) is 89.6 cm³/mol. The van der Waals surface area contributed by atoms with Crippen molar-refractivity contribution < 1.29 is 4.74 Å². The van der Waals surface area contributed by atoms with E-state index in [1.54, 1.807) is 7.11 Å². The summed E-state index contributed by atoms with van der Waals surface area (Å²) in [6, 6.07) is 8.98. The number of nitrogens with one attached hydrogen (secondary N) is 1. The second-order valence-corrected chi connectivity index (χ2v) is 5.71. The molecular weight excluding hydrogens is 260 g/mol. The van der Waals surface area contributed by atoms with Crippen LogP contribution in [0.25, 0.3) is 10.9 Å². The van der Waals surface area contributed by atoms with Gasteiger partial charge in [0.25, 0.3) is 0 Å². The summed E-state index contributed by atoms with van der Waals surface area (Å²) >= 11 is 0. The molecule has 1 heterocycles. The summed E-state index contributed by atoms with van der Waals surface area (Å²) in [4.78, 5) is 0. The van der Waals surface area contributed by atoms with Crippen LogP contribution in [0.5, 0.6) is 0 Å². The quantitative estimate of drug-likeness (QED) is 0.710. The van der Waals surface area contributed by atoms with E-state index in [9.17, 15) is 0 Å². The van der Waals surface area contributed by atoms with Gasteiger partial charge in [-0.2, -0.15) is 0 Å². The van der Waals surface area contributed by atoms with Crippen molar-refractivity contribution in [1.29, 1.82) is 0 Å². The number of aromatic nitrogens is 1. The Morgan fingerprint density at radius 3 is 2.71 bits per heavy atom. The molecule has 0 atom stereocenters. The molecule has 1 N–H and O–H groups in total. The molecule has 0 aliphatic heterocycles. The van der Waals surface area contributed by atoms with Crippen molar-refractivity contribution >= 4 is 10.9 Å². The van der Waals surface area contributed by atoms with Crippen LogP contribution in [0.1, 0.15) is 32.3 Å². The van der Waals surface area contributed by atoms with Crippen LogP contribution in [0.3, 0.4) is 0 Å². The highest BCUT2D eigenvalue weighted by atomic mass is 16.5. The second kappa shape index (κ2) is 8.20. The lowest BCUT2D eigenvalue weighted by molar-refractivity contribution is 0.199. The molecule has 0 radical (unpaired) electrons. The van der Waals surface area contributed by atoms with E-state index >= 15 is 0 Å². The monoisotopic (exact) mass is 288 g/mol. The third kappa shape index (κ3) is 4.32. The maximum absolute atomic E-state index is 5.06. The Morgan fingerprint density at radius 1 is 1.19 bits per heavy atom. The van der Waals surface area contributed by atoms with Gasteiger partial charge in [0, 0.05) is 38.5 Å². The van der Waals surface area contributed by atoms with Crippen molar-refractivity contribution in [2.45, 2.75) is 39.8 Å². The van der Waals surface area contributed by atoms with Crippen LogP contribution in [-0.4, -0.2) is 24.8 Å². The van der Waals surface area contributed by atoms with Crippen LogP contribution >= 0.6 is 0 Å². The smallest absolute Gasteiger partial charge is 0.0587 e. The van der Waals surface area contributed by atoms with Gasteiger partial charge >= 0.3 is 0 Å². The summed E-state index contributed by atoms with van der Waals surface area (Å²) in [5, 5.41) is 4.74. The van der Waals surface area contributed by atoms with Crippen LogP contribution < -0.4 is 5.32 Å². The maximum atomic E-state index is 5.06. The van der Waals surface area contributed by atoms with Gasteiger partial charge in [-0.05, 0) is 29.0 Å². The molecule has 2 aromatic rings. The molecule has 0 fully saturated rings. The summed E-state index contributed by atoms with van der Waals surface area (Å²) < 4.78 is 7.47. The Hall–Kier alpha value is -1.32. The summed E-state index contributed by atoms with van der Waals surface area (Å²) in [5.41, 5.74) is 2.69. The minimum atomic E-state index is 0.757. The van der Waals surface area contributed by atoms with Gasteiger partial charge in [-0.15, -0.1) is 0 Å². The third-order valence-corrected chi connectivity index (χ3v) is 4.26. The zero-order chi connectivity index (χ0) is 15.1. The number of ether oxygens (including phenoxy) is 1. The minimum absolute atomic E-state index is 0.757. The van der Waals surface area contributed by atoms with E-state index in [-0.39, 0.29) is 0 Å². The van der Waals surface area contributed by atoms with Crippen LogP contribution in [0, 0.1) is 5.92 Å². The van der Waals surface area contributed by atoms with Gasteiger partial charge < -0.3 is 14.6 Å². The van der Waals surface area contributed by atoms with E-state index < -0.39 is 0 Å². The van der Waals surface area contributed by atoms with E-state index in [0.29, 0.717) is 0 Å². The molecule has 0 saturated heterocycles. The summed E-state index contributed by atoms with van der Waals surface area (Å²) in [7, 11) is 1.73. The van der Waals surface area contributed by atoms with Crippen LogP contribution in [0.2, 0.25) is 0 Å². The number of benzene rings is 1. The van der Waals surface area contributed by atoms with Gasteiger partial charge in [-0.3, -0.25) is 0 Å². The molecule has 1 aromatic heterocycles. The number of hydrogen-bond donors (Lipinski definition) is 1. The van der Waals surface area contributed by atoms with Gasteiger partial charge in [0.05, 0.1) is 6.61 Å². The fourth-order valence-electron chi connectivity index (χ4n) is 2.73. The van der Waals surface area contributed by atoms with Gasteiger partial charge in [0.15, 0.2) is 0 Å². The molecule has 0 saturated carbocycles. The zero-order valence-corrected chi connectivity index (χ0v) is 13.6. The Kier molecular flexibility index (Phi) is 6.27. The second-order valence-electron chi connectivity index (χ2n) is 5.71. The van der Waals surface area contributed by atoms with Crippen LogP contribution in [0.15, 0.2) is 30.5 Å². The highest BCUT2D eigenvalue weighted by Gasteiger charge is 2.08. The first kappa shape index (κ1) is 16.1. The van der Waals surface area contributed by atoms with Crippen LogP contribution in [-0.2, 0) is 17.8 Å². The Balaban J connectivity index is 2.09. The third-order valence-electron chi connectivity index (χ3n) is 4.26. The molecule has 3 heteroatoms. The number of hydrogen-bond acceptors (Lipinski definition) is 2. The average molecular weight is 288 g/mol. The SMILES string of the molecule is CCC(CC)Cn1ccc2ccc(CNCCOC)cc21. The number of rotatable bonds is 9. The standard InChI is InChI=1S/C18H28N2O/c1-4-15(5-2)14-20-10-8-17-7-6-16(12-18(17)20)13-19-9-11-21-3/h6-8,10,12,15,19H,4-5,9,11,13-14H2,1-3H3. The average Bonchev–Trinajstić information content (AvgIpc) is 2.91. The number of methoxy groups -OCH3 is 1.